The van der Waals surface area contributed by atoms with E-state index >= 15 is 0 Å². The van der Waals surface area contributed by atoms with E-state index in [-0.39, 0.29) is 4.70 Å². The summed E-state index contributed by atoms with van der Waals surface area (Å²) in [5.41, 5.74) is 1.16. The lowest BCUT2D eigenvalue weighted by atomic mass is 9.99. The number of benzene rings is 2. The Hall–Kier alpha value is -2.71. The van der Waals surface area contributed by atoms with E-state index in [1.54, 1.807) is 60.7 Å². The number of rotatable bonds is 7. The third-order valence-corrected chi connectivity index (χ3v) is 3.83. The molecule has 0 fully saturated rings. The largest absolute Gasteiger partial charge is 0.509 e. The van der Waals surface area contributed by atoms with Gasteiger partial charge in [-0.15, -0.1) is 0 Å². The van der Waals surface area contributed by atoms with Gasteiger partial charge >= 0.3 is 0 Å². The van der Waals surface area contributed by atoms with Gasteiger partial charge in [-0.3, -0.25) is 4.70 Å². The van der Waals surface area contributed by atoms with Gasteiger partial charge in [0, 0.05) is 0 Å². The molecule has 0 aromatic heterocycles. The van der Waals surface area contributed by atoms with Gasteiger partial charge in [0.2, 0.25) is 0 Å². The molecule has 0 aliphatic carbocycles. The molecule has 2 aromatic rings. The van der Waals surface area contributed by atoms with Crippen LogP contribution < -0.4 is 0 Å². The van der Waals surface area contributed by atoms with E-state index in [1.807, 2.05) is 0 Å². The maximum absolute atomic E-state index is 10.0. The molecule has 0 aliphatic heterocycles. The molecule has 2 aromatic carbocycles. The van der Waals surface area contributed by atoms with Crippen molar-refractivity contribution in [1.29, 1.82) is 0 Å². The highest BCUT2D eigenvalue weighted by molar-refractivity contribution is 5.52. The summed E-state index contributed by atoms with van der Waals surface area (Å²) in [6.45, 7) is 0. The molecule has 146 valence electrons. The van der Waals surface area contributed by atoms with Crippen molar-refractivity contribution in [2.24, 2.45) is 0 Å². The van der Waals surface area contributed by atoms with E-state index in [4.69, 9.17) is 0 Å². The minimum absolute atomic E-state index is 0. The molecule has 0 saturated heterocycles. The second kappa shape index (κ2) is 10.4. The first-order valence-corrected chi connectivity index (χ1v) is 8.03. The van der Waals surface area contributed by atoms with Crippen LogP contribution in [0.15, 0.2) is 72.2 Å². The van der Waals surface area contributed by atoms with Crippen LogP contribution >= 0.6 is 0 Å². The average Bonchev–Trinajstić information content (AvgIpc) is 2.67. The van der Waals surface area contributed by atoms with E-state index in [1.165, 1.54) is 12.2 Å². The standard InChI is InChI=1S/C20H22O6.FH/c21-15(11-13-7-3-1-4-8-13)17(23)19(25)20(26)18(24)16(22)12-14-9-5-2-6-10-14;/h1-12,17-26H;1H. The summed E-state index contributed by atoms with van der Waals surface area (Å²) in [5.74, 6) is -1.16. The van der Waals surface area contributed by atoms with Gasteiger partial charge < -0.3 is 30.6 Å². The monoisotopic (exact) mass is 378 g/mol. The molecule has 6 N–H and O–H groups in total. The van der Waals surface area contributed by atoms with Gasteiger partial charge in [0.25, 0.3) is 0 Å². The van der Waals surface area contributed by atoms with Gasteiger partial charge in [-0.1, -0.05) is 60.7 Å². The van der Waals surface area contributed by atoms with Crippen LogP contribution in [0.2, 0.25) is 0 Å². The van der Waals surface area contributed by atoms with Crippen molar-refractivity contribution in [3.8, 4) is 0 Å². The van der Waals surface area contributed by atoms with Crippen LogP contribution in [-0.2, 0) is 0 Å². The zero-order valence-corrected chi connectivity index (χ0v) is 14.3. The van der Waals surface area contributed by atoms with E-state index in [9.17, 15) is 30.6 Å². The number of halogens is 1. The second-order valence-corrected chi connectivity index (χ2v) is 5.83. The molecular formula is C20H23FO6. The Bertz CT molecular complexity index is 682. The first-order valence-electron chi connectivity index (χ1n) is 8.03. The Balaban J connectivity index is 0.00000364. The molecule has 6 nitrogen and oxygen atoms in total. The number of aliphatic hydroxyl groups is 6. The first-order chi connectivity index (χ1) is 12.4. The second-order valence-electron chi connectivity index (χ2n) is 5.83. The third kappa shape index (κ3) is 6.19. The topological polar surface area (TPSA) is 121 Å². The summed E-state index contributed by atoms with van der Waals surface area (Å²) >= 11 is 0. The van der Waals surface area contributed by atoms with Crippen molar-refractivity contribution in [2.45, 2.75) is 24.4 Å². The molecule has 4 atom stereocenters. The highest BCUT2D eigenvalue weighted by Gasteiger charge is 2.34. The van der Waals surface area contributed by atoms with Crippen LogP contribution in [0.1, 0.15) is 11.1 Å². The molecule has 0 amide bonds. The normalized spacial score (nSPS) is 16.7. The summed E-state index contributed by atoms with van der Waals surface area (Å²) in [5, 5.41) is 59.9. The molecule has 0 spiro atoms. The molecule has 0 radical (unpaired) electrons. The highest BCUT2D eigenvalue weighted by Crippen LogP contribution is 2.17. The van der Waals surface area contributed by atoms with Gasteiger partial charge in [-0.05, 0) is 23.3 Å². The average molecular weight is 378 g/mol. The number of hydrogen-bond donors (Lipinski definition) is 6. The maximum Gasteiger partial charge on any atom is 0.139 e. The van der Waals surface area contributed by atoms with Crippen LogP contribution in [0.5, 0.6) is 0 Å². The quantitative estimate of drug-likeness (QED) is 0.409. The van der Waals surface area contributed by atoms with E-state index in [2.05, 4.69) is 0 Å². The summed E-state index contributed by atoms with van der Waals surface area (Å²) in [4.78, 5) is 0. The Kier molecular flexibility index (Phi) is 8.64. The fourth-order valence-corrected chi connectivity index (χ4v) is 2.33. The zero-order chi connectivity index (χ0) is 19.1. The lowest BCUT2D eigenvalue weighted by Gasteiger charge is -2.26. The van der Waals surface area contributed by atoms with E-state index < -0.39 is 35.9 Å². The molecule has 0 bridgehead atoms. The van der Waals surface area contributed by atoms with Crippen molar-refractivity contribution in [3.05, 3.63) is 83.3 Å². The minimum Gasteiger partial charge on any atom is -0.509 e. The predicted molar refractivity (Wildman–Crippen MR) is 101 cm³/mol. The highest BCUT2D eigenvalue weighted by atomic mass is 19.0. The van der Waals surface area contributed by atoms with Crippen LogP contribution in [0.25, 0.3) is 12.2 Å². The molecule has 0 aliphatic rings. The van der Waals surface area contributed by atoms with Gasteiger partial charge in [0.05, 0.1) is 0 Å². The Labute approximate surface area is 156 Å². The van der Waals surface area contributed by atoms with Crippen LogP contribution in [0.3, 0.4) is 0 Å². The fraction of sp³-hybridized carbons (Fsp3) is 0.200. The van der Waals surface area contributed by atoms with Crippen molar-refractivity contribution >= 4 is 12.2 Å². The smallest absolute Gasteiger partial charge is 0.139 e. The van der Waals surface area contributed by atoms with E-state index in [0.717, 1.165) is 0 Å². The van der Waals surface area contributed by atoms with Gasteiger partial charge in [0.1, 0.15) is 35.9 Å². The summed E-state index contributed by atoms with van der Waals surface area (Å²) in [7, 11) is 0. The maximum atomic E-state index is 10.0. The Morgan fingerprint density at radius 1 is 0.593 bits per heavy atom. The van der Waals surface area contributed by atoms with E-state index in [0.29, 0.717) is 11.1 Å². The lowest BCUT2D eigenvalue weighted by molar-refractivity contribution is -0.0996. The van der Waals surface area contributed by atoms with Gasteiger partial charge in [-0.2, -0.15) is 0 Å². The first kappa shape index (κ1) is 22.3. The van der Waals surface area contributed by atoms with Crippen molar-refractivity contribution in [3.63, 3.8) is 0 Å². The number of aliphatic hydroxyl groups excluding tert-OH is 6. The summed E-state index contributed by atoms with van der Waals surface area (Å²) in [6.07, 6.45) is -5.07. The number of hydrogen-bond acceptors (Lipinski definition) is 6. The Morgan fingerprint density at radius 2 is 0.889 bits per heavy atom. The van der Waals surface area contributed by atoms with Gasteiger partial charge in [0.15, 0.2) is 0 Å². The molecule has 0 heterocycles. The molecule has 27 heavy (non-hydrogen) atoms. The lowest BCUT2D eigenvalue weighted by Crippen LogP contribution is -2.45. The summed E-state index contributed by atoms with van der Waals surface area (Å²) < 4.78 is 0. The predicted octanol–water partition coefficient (Wildman–Crippen LogP) is 1.78. The van der Waals surface area contributed by atoms with Crippen molar-refractivity contribution in [1.82, 2.24) is 0 Å². The third-order valence-electron chi connectivity index (χ3n) is 3.83. The molecule has 2 rings (SSSR count). The fourth-order valence-electron chi connectivity index (χ4n) is 2.33. The zero-order valence-electron chi connectivity index (χ0n) is 14.3. The summed E-state index contributed by atoms with van der Waals surface area (Å²) in [6, 6.07) is 17.2. The molecule has 7 heteroatoms. The molecule has 0 saturated carbocycles. The molecular weight excluding hydrogens is 355 g/mol. The Morgan fingerprint density at radius 3 is 1.19 bits per heavy atom. The van der Waals surface area contributed by atoms with Crippen LogP contribution in [0.4, 0.5) is 4.70 Å². The SMILES string of the molecule is F.OC(=Cc1ccccc1)C(O)C(O)C(O)C(O)C(O)=Cc1ccccc1. The van der Waals surface area contributed by atoms with Crippen LogP contribution in [-0.4, -0.2) is 55.1 Å². The van der Waals surface area contributed by atoms with Crippen LogP contribution in [0, 0.1) is 0 Å². The van der Waals surface area contributed by atoms with Crippen molar-refractivity contribution < 1.29 is 35.3 Å². The van der Waals surface area contributed by atoms with Crippen molar-refractivity contribution in [2.75, 3.05) is 0 Å². The molecule has 4 unspecified atom stereocenters. The van der Waals surface area contributed by atoms with Gasteiger partial charge in [-0.25, -0.2) is 0 Å². The minimum atomic E-state index is -1.92.